The number of allylic oxidation sites excluding steroid dienone is 1. The summed E-state index contributed by atoms with van der Waals surface area (Å²) in [6.45, 7) is 12.4. The Balaban J connectivity index is 1.87. The lowest BCUT2D eigenvalue weighted by Gasteiger charge is -2.38. The van der Waals surface area contributed by atoms with Gasteiger partial charge in [-0.2, -0.15) is 0 Å². The van der Waals surface area contributed by atoms with Gasteiger partial charge in [0.05, 0.1) is 24.5 Å². The summed E-state index contributed by atoms with van der Waals surface area (Å²) in [5, 5.41) is 9.25. The van der Waals surface area contributed by atoms with Crippen molar-refractivity contribution < 1.29 is 29.0 Å². The van der Waals surface area contributed by atoms with Crippen LogP contribution in [-0.4, -0.2) is 82.8 Å². The predicted molar refractivity (Wildman–Crippen MR) is 128 cm³/mol. The van der Waals surface area contributed by atoms with Gasteiger partial charge in [0.2, 0.25) is 11.8 Å². The molecule has 0 aromatic carbocycles. The van der Waals surface area contributed by atoms with Gasteiger partial charge in [-0.05, 0) is 58.8 Å². The van der Waals surface area contributed by atoms with Gasteiger partial charge in [0.1, 0.15) is 11.6 Å². The van der Waals surface area contributed by atoms with Gasteiger partial charge in [-0.25, -0.2) is 0 Å². The quantitative estimate of drug-likeness (QED) is 0.235. The molecule has 5 atom stereocenters. The first-order valence-electron chi connectivity index (χ1n) is 12.6. The van der Waals surface area contributed by atoms with Crippen molar-refractivity contribution in [2.24, 2.45) is 11.8 Å². The van der Waals surface area contributed by atoms with Crippen LogP contribution in [0.3, 0.4) is 0 Å². The van der Waals surface area contributed by atoms with Crippen LogP contribution < -0.4 is 0 Å². The highest BCUT2D eigenvalue weighted by Crippen LogP contribution is 2.58. The van der Waals surface area contributed by atoms with Crippen molar-refractivity contribution in [3.05, 3.63) is 25.3 Å². The van der Waals surface area contributed by atoms with Gasteiger partial charge < -0.3 is 24.4 Å². The Labute approximate surface area is 202 Å². The molecular weight excluding hydrogens is 436 g/mol. The summed E-state index contributed by atoms with van der Waals surface area (Å²) in [7, 11) is 0. The summed E-state index contributed by atoms with van der Waals surface area (Å²) in [6.07, 6.45) is 7.87. The summed E-state index contributed by atoms with van der Waals surface area (Å²) in [5.74, 6) is -2.19. The van der Waals surface area contributed by atoms with Gasteiger partial charge in [-0.1, -0.05) is 12.2 Å². The zero-order valence-electron chi connectivity index (χ0n) is 20.6. The molecule has 0 radical (unpaired) electrons. The first-order chi connectivity index (χ1) is 16.3. The summed E-state index contributed by atoms with van der Waals surface area (Å²) in [6, 6.07) is -0.869. The molecule has 3 heterocycles. The Morgan fingerprint density at radius 3 is 2.68 bits per heavy atom. The molecule has 1 N–H and O–H groups in total. The third kappa shape index (κ3) is 4.80. The third-order valence-corrected chi connectivity index (χ3v) is 7.39. The van der Waals surface area contributed by atoms with E-state index >= 15 is 0 Å². The van der Waals surface area contributed by atoms with Gasteiger partial charge in [0.25, 0.3) is 0 Å². The average molecular weight is 477 g/mol. The minimum absolute atomic E-state index is 0.0170. The largest absolute Gasteiger partial charge is 0.465 e. The van der Waals surface area contributed by atoms with E-state index in [0.717, 1.165) is 19.3 Å². The van der Waals surface area contributed by atoms with Crippen LogP contribution in [0.1, 0.15) is 58.8 Å². The van der Waals surface area contributed by atoms with E-state index < -0.39 is 35.6 Å². The summed E-state index contributed by atoms with van der Waals surface area (Å²) in [4.78, 5) is 44.0. The van der Waals surface area contributed by atoms with Crippen LogP contribution in [0.2, 0.25) is 0 Å². The first-order valence-corrected chi connectivity index (χ1v) is 12.6. The SMILES string of the molecule is C=CCCCCOC(=O)[C@@H]1[C@H]2C(=O)N(CCCCO)C(C(=O)N(CC=C)C(C)C)C23CC[C@H]1O3. The fraction of sp³-hybridized carbons (Fsp3) is 0.731. The first kappa shape index (κ1) is 26.4. The van der Waals surface area contributed by atoms with Gasteiger partial charge in [-0.3, -0.25) is 14.4 Å². The van der Waals surface area contributed by atoms with Crippen molar-refractivity contribution in [2.75, 3.05) is 26.3 Å². The second-order valence-electron chi connectivity index (χ2n) is 9.84. The van der Waals surface area contributed by atoms with Crippen molar-refractivity contribution in [1.82, 2.24) is 9.80 Å². The van der Waals surface area contributed by atoms with E-state index in [1.165, 1.54) is 0 Å². The molecular formula is C26H40N2O6. The lowest BCUT2D eigenvalue weighted by atomic mass is 9.70. The van der Waals surface area contributed by atoms with Crippen molar-refractivity contribution in [2.45, 2.75) is 82.6 Å². The van der Waals surface area contributed by atoms with Gasteiger partial charge >= 0.3 is 5.97 Å². The highest BCUT2D eigenvalue weighted by Gasteiger charge is 2.75. The number of rotatable bonds is 14. The summed E-state index contributed by atoms with van der Waals surface area (Å²) in [5.41, 5.74) is -1.01. The lowest BCUT2D eigenvalue weighted by Crippen LogP contribution is -2.57. The second kappa shape index (κ2) is 11.5. The molecule has 2 bridgehead atoms. The number of hydrogen-bond donors (Lipinski definition) is 1. The number of unbranched alkanes of at least 4 members (excludes halogenated alkanes) is 3. The maximum Gasteiger partial charge on any atom is 0.312 e. The van der Waals surface area contributed by atoms with Crippen LogP contribution >= 0.6 is 0 Å². The second-order valence-corrected chi connectivity index (χ2v) is 9.84. The number of carbonyl (C=O) groups excluding carboxylic acids is 3. The van der Waals surface area contributed by atoms with Crippen LogP contribution in [0.15, 0.2) is 25.3 Å². The van der Waals surface area contributed by atoms with Gasteiger partial charge in [0, 0.05) is 25.7 Å². The molecule has 3 saturated heterocycles. The standard InChI is InChI=1S/C26H40N2O6/c1-5-7-8-11-17-33-25(32)20-19-12-13-26(34-19)21(20)23(30)28(15-9-10-16-29)22(26)24(31)27(14-6-2)18(3)4/h5-6,18-22,29H,1-2,7-17H2,3-4H3/t19-,20+,21+,22?,26?/m1/s1. The number of carbonyl (C=O) groups is 3. The number of nitrogens with zero attached hydrogens (tertiary/aromatic N) is 2. The molecule has 8 nitrogen and oxygen atoms in total. The van der Waals surface area contributed by atoms with Crippen molar-refractivity contribution >= 4 is 17.8 Å². The predicted octanol–water partition coefficient (Wildman–Crippen LogP) is 2.46. The number of likely N-dealkylation sites (tertiary alicyclic amines) is 1. The third-order valence-electron chi connectivity index (χ3n) is 7.39. The molecule has 8 heteroatoms. The molecule has 3 fully saturated rings. The molecule has 3 aliphatic rings. The molecule has 2 amide bonds. The Morgan fingerprint density at radius 2 is 2.03 bits per heavy atom. The van der Waals surface area contributed by atoms with Crippen LogP contribution in [-0.2, 0) is 23.9 Å². The minimum Gasteiger partial charge on any atom is -0.465 e. The molecule has 0 saturated carbocycles. The lowest BCUT2D eigenvalue weighted by molar-refractivity contribution is -0.155. The van der Waals surface area contributed by atoms with Crippen molar-refractivity contribution in [3.63, 3.8) is 0 Å². The summed E-state index contributed by atoms with van der Waals surface area (Å²) >= 11 is 0. The van der Waals surface area contributed by atoms with Gasteiger partial charge in [-0.15, -0.1) is 13.2 Å². The Kier molecular flexibility index (Phi) is 8.93. The average Bonchev–Trinajstić information content (AvgIpc) is 3.44. The number of hydrogen-bond acceptors (Lipinski definition) is 6. The van der Waals surface area contributed by atoms with Crippen molar-refractivity contribution in [1.29, 1.82) is 0 Å². The number of fused-ring (bicyclic) bond motifs is 1. The van der Waals surface area contributed by atoms with Crippen LogP contribution in [0.25, 0.3) is 0 Å². The van der Waals surface area contributed by atoms with E-state index in [2.05, 4.69) is 13.2 Å². The molecule has 34 heavy (non-hydrogen) atoms. The van der Waals surface area contributed by atoms with E-state index in [1.807, 2.05) is 19.9 Å². The molecule has 3 aliphatic heterocycles. The Hall–Kier alpha value is -2.19. The number of ether oxygens (including phenoxy) is 2. The molecule has 2 unspecified atom stereocenters. The topological polar surface area (TPSA) is 96.4 Å². The smallest absolute Gasteiger partial charge is 0.312 e. The number of aliphatic hydroxyl groups is 1. The highest BCUT2D eigenvalue weighted by atomic mass is 16.6. The fourth-order valence-corrected chi connectivity index (χ4v) is 5.85. The fourth-order valence-electron chi connectivity index (χ4n) is 5.85. The van der Waals surface area contributed by atoms with E-state index in [0.29, 0.717) is 45.4 Å². The Morgan fingerprint density at radius 1 is 1.26 bits per heavy atom. The number of aliphatic hydroxyl groups excluding tert-OH is 1. The Bertz CT molecular complexity index is 783. The maximum absolute atomic E-state index is 13.9. The zero-order valence-corrected chi connectivity index (χ0v) is 20.6. The van der Waals surface area contributed by atoms with E-state index in [9.17, 15) is 19.5 Å². The summed E-state index contributed by atoms with van der Waals surface area (Å²) < 4.78 is 12.0. The maximum atomic E-state index is 13.9. The molecule has 3 rings (SSSR count). The molecule has 0 aliphatic carbocycles. The number of amides is 2. The molecule has 190 valence electrons. The minimum atomic E-state index is -1.01. The van der Waals surface area contributed by atoms with E-state index in [1.54, 1.807) is 15.9 Å². The van der Waals surface area contributed by atoms with Crippen LogP contribution in [0, 0.1) is 11.8 Å². The zero-order chi connectivity index (χ0) is 24.9. The van der Waals surface area contributed by atoms with Crippen LogP contribution in [0.4, 0.5) is 0 Å². The molecule has 0 aromatic heterocycles. The van der Waals surface area contributed by atoms with Crippen molar-refractivity contribution in [3.8, 4) is 0 Å². The van der Waals surface area contributed by atoms with Gasteiger partial charge in [0.15, 0.2) is 0 Å². The number of esters is 1. The van der Waals surface area contributed by atoms with E-state index in [-0.39, 0.29) is 24.5 Å². The van der Waals surface area contributed by atoms with Crippen LogP contribution in [0.5, 0.6) is 0 Å². The molecule has 0 aromatic rings. The monoisotopic (exact) mass is 476 g/mol. The highest BCUT2D eigenvalue weighted by molar-refractivity contribution is 5.98. The normalized spacial score (nSPS) is 29.4. The molecule has 1 spiro atoms. The van der Waals surface area contributed by atoms with E-state index in [4.69, 9.17) is 9.47 Å².